The van der Waals surface area contributed by atoms with Crippen molar-refractivity contribution in [3.05, 3.63) is 24.0 Å². The molecule has 1 heterocycles. The highest BCUT2D eigenvalue weighted by Gasteiger charge is 2.21. The van der Waals surface area contributed by atoms with Gasteiger partial charge in [0.15, 0.2) is 6.04 Å². The molecule has 0 aliphatic heterocycles. The van der Waals surface area contributed by atoms with Gasteiger partial charge in [-0.15, -0.1) is 0 Å². The molecule has 0 aliphatic rings. The number of hydrogen-bond donors (Lipinski definition) is 3. The smallest absolute Gasteiger partial charge is 0.328 e. The Morgan fingerprint density at radius 3 is 2.82 bits per heavy atom. The molecule has 0 radical (unpaired) electrons. The first-order valence-corrected chi connectivity index (χ1v) is 4.72. The van der Waals surface area contributed by atoms with E-state index in [1.165, 1.54) is 25.6 Å². The fraction of sp³-hybridized carbons (Fsp3) is 0.300. The van der Waals surface area contributed by atoms with E-state index in [9.17, 15) is 9.59 Å². The van der Waals surface area contributed by atoms with Gasteiger partial charge in [0.1, 0.15) is 5.75 Å². The number of amides is 1. The van der Waals surface area contributed by atoms with Crippen molar-refractivity contribution in [3.8, 4) is 5.75 Å². The molecule has 0 bridgehead atoms. The second kappa shape index (κ2) is 5.80. The fourth-order valence-electron chi connectivity index (χ4n) is 1.15. The number of hydrogen-bond acceptors (Lipinski definition) is 5. The maximum absolute atomic E-state index is 11.7. The number of carboxylic acids is 1. The molecular weight excluding hydrogens is 228 g/mol. The van der Waals surface area contributed by atoms with Gasteiger partial charge in [0, 0.05) is 6.20 Å². The number of aliphatic carboxylic acids is 1. The van der Waals surface area contributed by atoms with E-state index < -0.39 is 24.5 Å². The molecule has 17 heavy (non-hydrogen) atoms. The first-order valence-electron chi connectivity index (χ1n) is 4.72. The third-order valence-electron chi connectivity index (χ3n) is 2.04. The van der Waals surface area contributed by atoms with Crippen LogP contribution in [0.5, 0.6) is 5.75 Å². The van der Waals surface area contributed by atoms with Crippen LogP contribution in [0.2, 0.25) is 0 Å². The van der Waals surface area contributed by atoms with Crippen molar-refractivity contribution >= 4 is 11.9 Å². The molecule has 3 N–H and O–H groups in total. The Kier molecular flexibility index (Phi) is 4.41. The summed E-state index contributed by atoms with van der Waals surface area (Å²) in [5.41, 5.74) is 0.155. The number of aromatic nitrogens is 1. The number of rotatable bonds is 5. The van der Waals surface area contributed by atoms with Crippen LogP contribution in [0.15, 0.2) is 18.5 Å². The Balaban J connectivity index is 2.86. The molecule has 7 heteroatoms. The zero-order chi connectivity index (χ0) is 12.8. The Morgan fingerprint density at radius 1 is 1.59 bits per heavy atom. The van der Waals surface area contributed by atoms with Crippen LogP contribution < -0.4 is 10.1 Å². The summed E-state index contributed by atoms with van der Waals surface area (Å²) < 4.78 is 4.91. The zero-order valence-electron chi connectivity index (χ0n) is 9.08. The minimum Gasteiger partial charge on any atom is -0.494 e. The van der Waals surface area contributed by atoms with Crippen LogP contribution in [0.1, 0.15) is 10.4 Å². The van der Waals surface area contributed by atoms with Crippen LogP contribution in [0, 0.1) is 0 Å². The first kappa shape index (κ1) is 12.9. The largest absolute Gasteiger partial charge is 0.494 e. The number of nitrogens with one attached hydrogen (secondary N) is 1. The maximum atomic E-state index is 11.7. The number of aliphatic hydroxyl groups excluding tert-OH is 1. The Labute approximate surface area is 97.1 Å². The SMILES string of the molecule is COc1cnccc1C(=O)NC(CO)C(=O)O. The molecule has 92 valence electrons. The number of carboxylic acid groups (broad SMARTS) is 1. The Morgan fingerprint density at radius 2 is 2.29 bits per heavy atom. The number of aliphatic hydroxyl groups is 1. The monoisotopic (exact) mass is 240 g/mol. The maximum Gasteiger partial charge on any atom is 0.328 e. The third-order valence-corrected chi connectivity index (χ3v) is 2.04. The van der Waals surface area contributed by atoms with Gasteiger partial charge in [-0.05, 0) is 6.07 Å². The van der Waals surface area contributed by atoms with Crippen molar-refractivity contribution in [2.24, 2.45) is 0 Å². The van der Waals surface area contributed by atoms with Crippen molar-refractivity contribution in [1.82, 2.24) is 10.3 Å². The van der Waals surface area contributed by atoms with E-state index >= 15 is 0 Å². The number of methoxy groups -OCH3 is 1. The first-order chi connectivity index (χ1) is 8.10. The Bertz CT molecular complexity index is 421. The van der Waals surface area contributed by atoms with Crippen molar-refractivity contribution < 1.29 is 24.5 Å². The highest BCUT2D eigenvalue weighted by Crippen LogP contribution is 2.15. The predicted octanol–water partition coefficient (Wildman–Crippen LogP) is -0.735. The summed E-state index contributed by atoms with van der Waals surface area (Å²) in [5, 5.41) is 19.6. The van der Waals surface area contributed by atoms with Gasteiger partial charge in [0.25, 0.3) is 5.91 Å². The number of ether oxygens (including phenoxy) is 1. The molecule has 1 amide bonds. The Hall–Kier alpha value is -2.15. The van der Waals surface area contributed by atoms with Crippen LogP contribution in [0.3, 0.4) is 0 Å². The lowest BCUT2D eigenvalue weighted by atomic mass is 10.2. The van der Waals surface area contributed by atoms with E-state index in [0.29, 0.717) is 0 Å². The average Bonchev–Trinajstić information content (AvgIpc) is 2.35. The van der Waals surface area contributed by atoms with Gasteiger partial charge in [0.05, 0.1) is 25.5 Å². The van der Waals surface area contributed by atoms with E-state index in [-0.39, 0.29) is 11.3 Å². The second-order valence-electron chi connectivity index (χ2n) is 3.12. The molecule has 1 atom stereocenters. The van der Waals surface area contributed by atoms with Crippen molar-refractivity contribution in [2.75, 3.05) is 13.7 Å². The summed E-state index contributed by atoms with van der Waals surface area (Å²) in [4.78, 5) is 26.1. The lowest BCUT2D eigenvalue weighted by Gasteiger charge is -2.12. The van der Waals surface area contributed by atoms with Gasteiger partial charge in [-0.3, -0.25) is 9.78 Å². The standard InChI is InChI=1S/C10H12N2O5/c1-17-8-4-11-3-2-6(8)9(14)12-7(5-13)10(15)16/h2-4,7,13H,5H2,1H3,(H,12,14)(H,15,16). The van der Waals surface area contributed by atoms with Gasteiger partial charge < -0.3 is 20.3 Å². The third kappa shape index (κ3) is 3.15. The number of carbonyl (C=O) groups excluding carboxylic acids is 1. The summed E-state index contributed by atoms with van der Waals surface area (Å²) in [6.45, 7) is -0.686. The topological polar surface area (TPSA) is 109 Å². The fourth-order valence-corrected chi connectivity index (χ4v) is 1.15. The quantitative estimate of drug-likeness (QED) is 0.625. The van der Waals surface area contributed by atoms with Gasteiger partial charge in [0.2, 0.25) is 0 Å². The molecule has 0 aromatic carbocycles. The molecule has 7 nitrogen and oxygen atoms in total. The average molecular weight is 240 g/mol. The highest BCUT2D eigenvalue weighted by molar-refractivity contribution is 5.98. The van der Waals surface area contributed by atoms with Gasteiger partial charge in [-0.2, -0.15) is 0 Å². The van der Waals surface area contributed by atoms with E-state index in [0.717, 1.165) is 0 Å². The van der Waals surface area contributed by atoms with E-state index in [1.54, 1.807) is 0 Å². The van der Waals surface area contributed by atoms with Crippen LogP contribution in [0.25, 0.3) is 0 Å². The minimum absolute atomic E-state index is 0.155. The molecular formula is C10H12N2O5. The molecule has 0 saturated carbocycles. The molecule has 1 aromatic heterocycles. The molecule has 0 saturated heterocycles. The van der Waals surface area contributed by atoms with Gasteiger partial charge in [-0.1, -0.05) is 0 Å². The molecule has 1 aromatic rings. The van der Waals surface area contributed by atoms with E-state index in [4.69, 9.17) is 14.9 Å². The van der Waals surface area contributed by atoms with Gasteiger partial charge in [-0.25, -0.2) is 4.79 Å². The number of pyridine rings is 1. The molecule has 1 unspecified atom stereocenters. The van der Waals surface area contributed by atoms with E-state index in [2.05, 4.69) is 10.3 Å². The van der Waals surface area contributed by atoms with Crippen molar-refractivity contribution in [2.45, 2.75) is 6.04 Å². The molecule has 0 fully saturated rings. The van der Waals surface area contributed by atoms with Crippen LogP contribution >= 0.6 is 0 Å². The predicted molar refractivity (Wildman–Crippen MR) is 56.8 cm³/mol. The van der Waals surface area contributed by atoms with Crippen LogP contribution in [0.4, 0.5) is 0 Å². The van der Waals surface area contributed by atoms with Crippen LogP contribution in [-0.4, -0.2) is 46.8 Å². The normalized spacial score (nSPS) is 11.6. The van der Waals surface area contributed by atoms with E-state index in [1.807, 2.05) is 0 Å². The lowest BCUT2D eigenvalue weighted by molar-refractivity contribution is -0.140. The zero-order valence-corrected chi connectivity index (χ0v) is 9.08. The second-order valence-corrected chi connectivity index (χ2v) is 3.12. The number of carbonyl (C=O) groups is 2. The summed E-state index contributed by atoms with van der Waals surface area (Å²) in [5.74, 6) is -1.73. The summed E-state index contributed by atoms with van der Waals surface area (Å²) in [6, 6.07) is 0.0464. The summed E-state index contributed by atoms with van der Waals surface area (Å²) in [6.07, 6.45) is 2.72. The molecule has 0 aliphatic carbocycles. The van der Waals surface area contributed by atoms with Crippen molar-refractivity contribution in [3.63, 3.8) is 0 Å². The van der Waals surface area contributed by atoms with Crippen molar-refractivity contribution in [1.29, 1.82) is 0 Å². The summed E-state index contributed by atoms with van der Waals surface area (Å²) in [7, 11) is 1.37. The lowest BCUT2D eigenvalue weighted by Crippen LogP contribution is -2.43. The highest BCUT2D eigenvalue weighted by atomic mass is 16.5. The molecule has 1 rings (SSSR count). The number of nitrogens with zero attached hydrogens (tertiary/aromatic N) is 1. The summed E-state index contributed by atoms with van der Waals surface area (Å²) >= 11 is 0. The van der Waals surface area contributed by atoms with Crippen LogP contribution in [-0.2, 0) is 4.79 Å². The minimum atomic E-state index is -1.35. The molecule has 0 spiro atoms. The van der Waals surface area contributed by atoms with Gasteiger partial charge >= 0.3 is 5.97 Å².